The number of nitrogens with one attached hydrogen (secondary N) is 1. The lowest BCUT2D eigenvalue weighted by Crippen LogP contribution is -2.31. The fourth-order valence-corrected chi connectivity index (χ4v) is 1.70. The number of aliphatic hydroxyl groups is 1. The minimum Gasteiger partial charge on any atom is -0.381 e. The molecule has 2 aromatic rings. The van der Waals surface area contributed by atoms with Gasteiger partial charge in [0.25, 0.3) is 5.91 Å². The van der Waals surface area contributed by atoms with Gasteiger partial charge in [-0.2, -0.15) is 0 Å². The predicted molar refractivity (Wildman–Crippen MR) is 77.1 cm³/mol. The molecule has 0 spiro atoms. The lowest BCUT2D eigenvalue weighted by molar-refractivity contribution is -0.127. The summed E-state index contributed by atoms with van der Waals surface area (Å²) in [6.07, 6.45) is -1.28. The summed E-state index contributed by atoms with van der Waals surface area (Å²) in [5, 5.41) is 12.2. The Morgan fingerprint density at radius 3 is 2.48 bits per heavy atom. The zero-order valence-corrected chi connectivity index (χ0v) is 11.3. The van der Waals surface area contributed by atoms with Gasteiger partial charge < -0.3 is 15.2 Å². The van der Waals surface area contributed by atoms with Gasteiger partial charge in [0, 0.05) is 5.69 Å². The number of hydrogen-bond donors (Lipinski definition) is 2. The zero-order valence-electron chi connectivity index (χ0n) is 11.3. The van der Waals surface area contributed by atoms with Crippen molar-refractivity contribution in [3.05, 3.63) is 66.0 Å². The maximum atomic E-state index is 12.7. The van der Waals surface area contributed by atoms with E-state index in [4.69, 9.17) is 4.74 Å². The molecular weight excluding hydrogens is 273 g/mol. The van der Waals surface area contributed by atoms with Crippen LogP contribution in [0.1, 0.15) is 5.56 Å². The molecule has 5 heteroatoms. The highest BCUT2D eigenvalue weighted by atomic mass is 19.1. The molecule has 0 fully saturated rings. The summed E-state index contributed by atoms with van der Waals surface area (Å²) >= 11 is 0. The molecule has 110 valence electrons. The molecule has 2 rings (SSSR count). The molecule has 0 aliphatic heterocycles. The average Bonchev–Trinajstić information content (AvgIpc) is 2.50. The van der Waals surface area contributed by atoms with E-state index < -0.39 is 12.0 Å². The van der Waals surface area contributed by atoms with Crippen LogP contribution in [-0.2, 0) is 16.1 Å². The van der Waals surface area contributed by atoms with E-state index in [0.29, 0.717) is 12.3 Å². The summed E-state index contributed by atoms with van der Waals surface area (Å²) in [5.41, 5.74) is 1.38. The molecule has 0 saturated heterocycles. The molecule has 0 bridgehead atoms. The number of amides is 1. The van der Waals surface area contributed by atoms with E-state index >= 15 is 0 Å². The quantitative estimate of drug-likeness (QED) is 0.858. The standard InChI is InChI=1S/C16H16FNO3/c17-13-6-8-14(9-7-13)18-16(20)15(19)11-21-10-12-4-2-1-3-5-12/h1-9,15,19H,10-11H2,(H,18,20)/t15-/m1/s1. The fourth-order valence-electron chi connectivity index (χ4n) is 1.70. The van der Waals surface area contributed by atoms with E-state index in [2.05, 4.69) is 5.32 Å². The Bertz CT molecular complexity index is 572. The van der Waals surface area contributed by atoms with Crippen molar-refractivity contribution >= 4 is 11.6 Å². The second kappa shape index (κ2) is 7.52. The first-order valence-electron chi connectivity index (χ1n) is 6.51. The van der Waals surface area contributed by atoms with Crippen LogP contribution in [0.15, 0.2) is 54.6 Å². The number of halogens is 1. The van der Waals surface area contributed by atoms with Crippen molar-refractivity contribution in [2.75, 3.05) is 11.9 Å². The monoisotopic (exact) mass is 289 g/mol. The summed E-state index contributed by atoms with van der Waals surface area (Å²) < 4.78 is 18.0. The third kappa shape index (κ3) is 4.98. The number of anilines is 1. The minimum atomic E-state index is -1.28. The van der Waals surface area contributed by atoms with Crippen LogP contribution >= 0.6 is 0 Å². The third-order valence-corrected chi connectivity index (χ3v) is 2.80. The Kier molecular flexibility index (Phi) is 5.43. The summed E-state index contributed by atoms with van der Waals surface area (Å²) in [6, 6.07) is 14.8. The normalized spacial score (nSPS) is 11.9. The van der Waals surface area contributed by atoms with Gasteiger partial charge in [0.15, 0.2) is 6.10 Å². The van der Waals surface area contributed by atoms with Gasteiger partial charge in [0.05, 0.1) is 13.2 Å². The third-order valence-electron chi connectivity index (χ3n) is 2.80. The van der Waals surface area contributed by atoms with Crippen molar-refractivity contribution in [2.45, 2.75) is 12.7 Å². The summed E-state index contributed by atoms with van der Waals surface area (Å²) in [7, 11) is 0. The number of carbonyl (C=O) groups is 1. The largest absolute Gasteiger partial charge is 0.381 e. The molecule has 0 aliphatic carbocycles. The summed E-state index contributed by atoms with van der Waals surface area (Å²) in [6.45, 7) is 0.212. The Hall–Kier alpha value is -2.24. The van der Waals surface area contributed by atoms with Crippen molar-refractivity contribution < 1.29 is 19.0 Å². The first kappa shape index (κ1) is 15.2. The number of rotatable bonds is 6. The van der Waals surface area contributed by atoms with Crippen molar-refractivity contribution in [3.8, 4) is 0 Å². The lowest BCUT2D eigenvalue weighted by atomic mass is 10.2. The second-order valence-corrected chi connectivity index (χ2v) is 4.51. The Balaban J connectivity index is 1.76. The molecular formula is C16H16FNO3. The summed E-state index contributed by atoms with van der Waals surface area (Å²) in [4.78, 5) is 11.7. The van der Waals surface area contributed by atoms with Crippen molar-refractivity contribution in [2.24, 2.45) is 0 Å². The SMILES string of the molecule is O=C(Nc1ccc(F)cc1)[C@H](O)COCc1ccccc1. The maximum absolute atomic E-state index is 12.7. The van der Waals surface area contributed by atoms with Gasteiger partial charge in [0.2, 0.25) is 0 Å². The van der Waals surface area contributed by atoms with Crippen LogP contribution in [-0.4, -0.2) is 23.7 Å². The van der Waals surface area contributed by atoms with Crippen molar-refractivity contribution in [3.63, 3.8) is 0 Å². The molecule has 0 saturated carbocycles. The number of benzene rings is 2. The van der Waals surface area contributed by atoms with E-state index in [9.17, 15) is 14.3 Å². The number of carbonyl (C=O) groups excluding carboxylic acids is 1. The van der Waals surface area contributed by atoms with Gasteiger partial charge in [-0.05, 0) is 29.8 Å². The Morgan fingerprint density at radius 1 is 1.14 bits per heavy atom. The average molecular weight is 289 g/mol. The second-order valence-electron chi connectivity index (χ2n) is 4.51. The molecule has 1 amide bonds. The van der Waals surface area contributed by atoms with E-state index in [1.165, 1.54) is 24.3 Å². The number of ether oxygens (including phenoxy) is 1. The van der Waals surface area contributed by atoms with E-state index in [0.717, 1.165) is 5.56 Å². The molecule has 0 aromatic heterocycles. The van der Waals surface area contributed by atoms with E-state index in [-0.39, 0.29) is 12.4 Å². The highest BCUT2D eigenvalue weighted by Gasteiger charge is 2.15. The lowest BCUT2D eigenvalue weighted by Gasteiger charge is -2.12. The Morgan fingerprint density at radius 2 is 1.81 bits per heavy atom. The molecule has 21 heavy (non-hydrogen) atoms. The van der Waals surface area contributed by atoms with Crippen molar-refractivity contribution in [1.82, 2.24) is 0 Å². The minimum absolute atomic E-state index is 0.109. The van der Waals surface area contributed by atoms with Crippen LogP contribution in [0.3, 0.4) is 0 Å². The van der Waals surface area contributed by atoms with Crippen LogP contribution in [0.25, 0.3) is 0 Å². The smallest absolute Gasteiger partial charge is 0.255 e. The zero-order chi connectivity index (χ0) is 15.1. The molecule has 2 aromatic carbocycles. The number of hydrogen-bond acceptors (Lipinski definition) is 3. The van der Waals surface area contributed by atoms with Gasteiger partial charge in [-0.15, -0.1) is 0 Å². The van der Waals surface area contributed by atoms with Crippen LogP contribution in [0.5, 0.6) is 0 Å². The van der Waals surface area contributed by atoms with Crippen LogP contribution in [0, 0.1) is 5.82 Å². The molecule has 2 N–H and O–H groups in total. The molecule has 0 aliphatic rings. The maximum Gasteiger partial charge on any atom is 0.255 e. The highest BCUT2D eigenvalue weighted by molar-refractivity contribution is 5.94. The summed E-state index contributed by atoms with van der Waals surface area (Å²) in [5.74, 6) is -0.977. The first-order chi connectivity index (χ1) is 10.1. The molecule has 0 unspecified atom stereocenters. The fraction of sp³-hybridized carbons (Fsp3) is 0.188. The first-order valence-corrected chi connectivity index (χ1v) is 6.51. The topological polar surface area (TPSA) is 58.6 Å². The molecule has 1 atom stereocenters. The van der Waals surface area contributed by atoms with Crippen LogP contribution in [0.4, 0.5) is 10.1 Å². The molecule has 0 heterocycles. The van der Waals surface area contributed by atoms with E-state index in [1.54, 1.807) is 0 Å². The van der Waals surface area contributed by atoms with Gasteiger partial charge in [-0.1, -0.05) is 30.3 Å². The van der Waals surface area contributed by atoms with Gasteiger partial charge >= 0.3 is 0 Å². The Labute approximate surface area is 122 Å². The van der Waals surface area contributed by atoms with Crippen molar-refractivity contribution in [1.29, 1.82) is 0 Å². The van der Waals surface area contributed by atoms with Crippen LogP contribution in [0.2, 0.25) is 0 Å². The van der Waals surface area contributed by atoms with Crippen LogP contribution < -0.4 is 5.32 Å². The molecule has 4 nitrogen and oxygen atoms in total. The highest BCUT2D eigenvalue weighted by Crippen LogP contribution is 2.09. The predicted octanol–water partition coefficient (Wildman–Crippen LogP) is 2.34. The van der Waals surface area contributed by atoms with E-state index in [1.807, 2.05) is 30.3 Å². The van der Waals surface area contributed by atoms with Gasteiger partial charge in [0.1, 0.15) is 5.82 Å². The number of aliphatic hydroxyl groups excluding tert-OH is 1. The van der Waals surface area contributed by atoms with Gasteiger partial charge in [-0.3, -0.25) is 4.79 Å². The van der Waals surface area contributed by atoms with Gasteiger partial charge in [-0.25, -0.2) is 4.39 Å². The molecule has 0 radical (unpaired) electrons.